The summed E-state index contributed by atoms with van der Waals surface area (Å²) in [5.74, 6) is 0.817. The maximum atomic E-state index is 13.2. The molecule has 0 radical (unpaired) electrons. The number of fused-ring (bicyclic) bond motifs is 2. The van der Waals surface area contributed by atoms with Gasteiger partial charge in [-0.1, -0.05) is 24.3 Å². The minimum absolute atomic E-state index is 0.124. The number of benzene rings is 1. The lowest BCUT2D eigenvalue weighted by Crippen LogP contribution is -2.37. The van der Waals surface area contributed by atoms with Gasteiger partial charge in [0.25, 0.3) is 12.4 Å². The lowest BCUT2D eigenvalue weighted by molar-refractivity contribution is -0.122. The topological polar surface area (TPSA) is 99.2 Å². The maximum Gasteiger partial charge on any atom is 0.290 e. The second-order valence-corrected chi connectivity index (χ2v) is 7.36. The van der Waals surface area contributed by atoms with E-state index >= 15 is 0 Å². The van der Waals surface area contributed by atoms with Gasteiger partial charge in [-0.2, -0.15) is 5.10 Å². The number of H-pyrrole nitrogens is 1. The van der Waals surface area contributed by atoms with Crippen molar-refractivity contribution in [2.24, 2.45) is 5.92 Å². The van der Waals surface area contributed by atoms with Crippen LogP contribution in [-0.2, 0) is 4.79 Å². The third kappa shape index (κ3) is 3.76. The number of hydrogen-bond donors (Lipinski definition) is 2. The third-order valence-electron chi connectivity index (χ3n) is 5.70. The first-order chi connectivity index (χ1) is 14.2. The summed E-state index contributed by atoms with van der Waals surface area (Å²) in [5.41, 5.74) is 4.56. The molecule has 2 atom stereocenters. The second kappa shape index (κ2) is 8.26. The highest BCUT2D eigenvalue weighted by Gasteiger charge is 2.40. The molecule has 2 bridgehead atoms. The fraction of sp³-hybridized carbons (Fsp3) is 0.273. The molecule has 1 aliphatic carbocycles. The molecule has 29 heavy (non-hydrogen) atoms. The summed E-state index contributed by atoms with van der Waals surface area (Å²) in [6.07, 6.45) is 9.00. The number of amides is 1. The molecule has 0 unspecified atom stereocenters. The van der Waals surface area contributed by atoms with Crippen LogP contribution in [0.1, 0.15) is 29.6 Å². The van der Waals surface area contributed by atoms with Crippen molar-refractivity contribution < 1.29 is 14.7 Å². The van der Waals surface area contributed by atoms with Crippen LogP contribution in [0, 0.1) is 5.92 Å². The molecule has 5 rings (SSSR count). The molecule has 3 heterocycles. The average molecular weight is 390 g/mol. The summed E-state index contributed by atoms with van der Waals surface area (Å²) in [4.78, 5) is 28.1. The quantitative estimate of drug-likeness (QED) is 0.667. The van der Waals surface area contributed by atoms with Crippen LogP contribution < -0.4 is 0 Å². The Morgan fingerprint density at radius 1 is 1.14 bits per heavy atom. The first kappa shape index (κ1) is 18.9. The van der Waals surface area contributed by atoms with Crippen molar-refractivity contribution in [1.82, 2.24) is 20.1 Å². The number of aromatic nitrogens is 3. The largest absolute Gasteiger partial charge is 0.483 e. The molecule has 7 nitrogen and oxygen atoms in total. The highest BCUT2D eigenvalue weighted by molar-refractivity contribution is 6.00. The van der Waals surface area contributed by atoms with Crippen LogP contribution in [0.2, 0.25) is 0 Å². The number of nitrogens with zero attached hydrogens (tertiary/aromatic N) is 3. The van der Waals surface area contributed by atoms with Gasteiger partial charge < -0.3 is 10.0 Å². The van der Waals surface area contributed by atoms with E-state index in [0.29, 0.717) is 17.5 Å². The predicted molar refractivity (Wildman–Crippen MR) is 108 cm³/mol. The Kier molecular flexibility index (Phi) is 5.37. The Bertz CT molecular complexity index is 986. The fourth-order valence-corrected chi connectivity index (χ4v) is 4.37. The van der Waals surface area contributed by atoms with E-state index in [0.717, 1.165) is 35.3 Å². The van der Waals surface area contributed by atoms with Crippen molar-refractivity contribution in [2.75, 3.05) is 6.54 Å². The number of carbonyl (C=O) groups excluding carboxylic acids is 1. The number of aromatic amines is 1. The lowest BCUT2D eigenvalue weighted by Gasteiger charge is -2.27. The van der Waals surface area contributed by atoms with Crippen molar-refractivity contribution in [1.29, 1.82) is 0 Å². The number of hydrogen-bond acceptors (Lipinski definition) is 4. The molecule has 0 spiro atoms. The van der Waals surface area contributed by atoms with Gasteiger partial charge in [-0.25, -0.2) is 0 Å². The molecule has 7 heteroatoms. The van der Waals surface area contributed by atoms with Crippen LogP contribution in [0.4, 0.5) is 0 Å². The third-order valence-corrected chi connectivity index (χ3v) is 5.70. The van der Waals surface area contributed by atoms with Gasteiger partial charge in [0.05, 0.1) is 17.5 Å². The van der Waals surface area contributed by atoms with Crippen LogP contribution in [0.15, 0.2) is 55.0 Å². The average Bonchev–Trinajstić information content (AvgIpc) is 3.52. The van der Waals surface area contributed by atoms with Crippen molar-refractivity contribution in [3.63, 3.8) is 0 Å². The second-order valence-electron chi connectivity index (χ2n) is 7.36. The summed E-state index contributed by atoms with van der Waals surface area (Å²) in [6, 6.07) is 12.3. The number of nitrogens with one attached hydrogen (secondary N) is 1. The molecule has 1 aromatic carbocycles. The van der Waals surface area contributed by atoms with E-state index < -0.39 is 0 Å². The smallest absolute Gasteiger partial charge is 0.290 e. The van der Waals surface area contributed by atoms with E-state index in [2.05, 4.69) is 20.1 Å². The highest BCUT2D eigenvalue weighted by Crippen LogP contribution is 2.38. The fourth-order valence-electron chi connectivity index (χ4n) is 4.37. The zero-order valence-corrected chi connectivity index (χ0v) is 15.9. The molecule has 1 amide bonds. The maximum absolute atomic E-state index is 13.2. The number of carbonyl (C=O) groups is 2. The summed E-state index contributed by atoms with van der Waals surface area (Å²) in [7, 11) is 0. The Balaban J connectivity index is 0.000000645. The van der Waals surface area contributed by atoms with Gasteiger partial charge in [-0.05, 0) is 42.9 Å². The van der Waals surface area contributed by atoms with E-state index in [9.17, 15) is 4.79 Å². The molecular weight excluding hydrogens is 368 g/mol. The van der Waals surface area contributed by atoms with Crippen LogP contribution in [0.3, 0.4) is 0 Å². The zero-order valence-electron chi connectivity index (χ0n) is 15.9. The Hall–Kier alpha value is -3.48. The zero-order chi connectivity index (χ0) is 20.2. The molecule has 1 saturated carbocycles. The van der Waals surface area contributed by atoms with E-state index in [1.165, 1.54) is 12.8 Å². The van der Waals surface area contributed by atoms with E-state index in [4.69, 9.17) is 9.90 Å². The molecule has 148 valence electrons. The number of likely N-dealkylation sites (tertiary alicyclic amines) is 1. The summed E-state index contributed by atoms with van der Waals surface area (Å²) >= 11 is 0. The molecule has 2 fully saturated rings. The van der Waals surface area contributed by atoms with Gasteiger partial charge >= 0.3 is 0 Å². The monoisotopic (exact) mass is 390 g/mol. The van der Waals surface area contributed by atoms with Crippen LogP contribution in [-0.4, -0.2) is 50.2 Å². The first-order valence-corrected chi connectivity index (χ1v) is 9.64. The normalized spacial score (nSPS) is 19.5. The Labute approximate surface area is 168 Å². The predicted octanol–water partition coefficient (Wildman–Crippen LogP) is 3.46. The SMILES string of the molecule is O=C(c1cccnc1-c1ccc(-c2cn[nH]c2)cc1)N1C[C@H]2CC[C@@H]1C2.O=CO. The van der Waals surface area contributed by atoms with E-state index in [1.54, 1.807) is 12.4 Å². The lowest BCUT2D eigenvalue weighted by atomic mass is 10.0. The molecule has 2 N–H and O–H groups in total. The molecule has 2 aromatic heterocycles. The van der Waals surface area contributed by atoms with E-state index in [-0.39, 0.29) is 12.4 Å². The summed E-state index contributed by atoms with van der Waals surface area (Å²) in [5, 5.41) is 13.7. The first-order valence-electron chi connectivity index (χ1n) is 9.64. The van der Waals surface area contributed by atoms with Gasteiger partial charge in [0.15, 0.2) is 0 Å². The van der Waals surface area contributed by atoms with E-state index in [1.807, 2.05) is 42.6 Å². The Morgan fingerprint density at radius 2 is 1.90 bits per heavy atom. The number of rotatable bonds is 3. The van der Waals surface area contributed by atoms with Crippen molar-refractivity contribution in [2.45, 2.75) is 25.3 Å². The summed E-state index contributed by atoms with van der Waals surface area (Å²) in [6.45, 7) is 0.650. The minimum atomic E-state index is -0.250. The van der Waals surface area contributed by atoms with Gasteiger partial charge in [0, 0.05) is 36.1 Å². The number of pyridine rings is 1. The Morgan fingerprint density at radius 3 is 2.52 bits per heavy atom. The van der Waals surface area contributed by atoms with Crippen LogP contribution in [0.5, 0.6) is 0 Å². The highest BCUT2D eigenvalue weighted by atomic mass is 16.3. The summed E-state index contributed by atoms with van der Waals surface area (Å²) < 4.78 is 0. The standard InChI is InChI=1S/C21H20N4O.CH2O2/c26-21(25-13-14-3-8-18(25)10-14)19-2-1-9-22-20(19)16-6-4-15(5-7-16)17-11-23-24-12-17;2-1-3/h1-2,4-7,9,11-12,14,18H,3,8,10,13H2,(H,23,24);1H,(H,2,3)/t14-,18+;/m0./s1. The van der Waals surface area contributed by atoms with Crippen molar-refractivity contribution in [3.8, 4) is 22.4 Å². The van der Waals surface area contributed by atoms with Crippen molar-refractivity contribution in [3.05, 3.63) is 60.6 Å². The molecule has 1 aliphatic heterocycles. The van der Waals surface area contributed by atoms with Crippen LogP contribution >= 0.6 is 0 Å². The molecule has 1 saturated heterocycles. The number of carboxylic acid groups (broad SMARTS) is 1. The van der Waals surface area contributed by atoms with Gasteiger partial charge in [0.1, 0.15) is 0 Å². The molecule has 3 aromatic rings. The molecule has 2 aliphatic rings. The van der Waals surface area contributed by atoms with Crippen LogP contribution in [0.25, 0.3) is 22.4 Å². The van der Waals surface area contributed by atoms with Crippen molar-refractivity contribution >= 4 is 12.4 Å². The number of piperidine rings is 1. The van der Waals surface area contributed by atoms with Gasteiger partial charge in [-0.15, -0.1) is 0 Å². The van der Waals surface area contributed by atoms with Gasteiger partial charge in [0.2, 0.25) is 0 Å². The minimum Gasteiger partial charge on any atom is -0.483 e. The molecular formula is C22H22N4O3. The van der Waals surface area contributed by atoms with Gasteiger partial charge in [-0.3, -0.25) is 19.7 Å².